The molecule has 0 amide bonds. The predicted octanol–water partition coefficient (Wildman–Crippen LogP) is 2.26. The first-order valence-corrected chi connectivity index (χ1v) is 7.76. The van der Waals surface area contributed by atoms with Crippen molar-refractivity contribution in [1.82, 2.24) is 0 Å². The fourth-order valence-corrected chi connectivity index (χ4v) is 3.70. The normalized spacial score (nSPS) is 17.0. The highest BCUT2D eigenvalue weighted by Crippen LogP contribution is 2.45. The Hall–Kier alpha value is -0.153. The van der Waals surface area contributed by atoms with Crippen molar-refractivity contribution < 1.29 is 13.7 Å². The summed E-state index contributed by atoms with van der Waals surface area (Å²) in [7, 11) is -5.71. The fraction of sp³-hybridized carbons (Fsp3) is 0.333. The number of hydrogen-bond acceptors (Lipinski definition) is 2. The second kappa shape index (κ2) is 3.50. The summed E-state index contributed by atoms with van der Waals surface area (Å²) in [6.07, 6.45) is 0. The molecule has 3 nitrogen and oxygen atoms in total. The Kier molecular flexibility index (Phi) is 3.45. The summed E-state index contributed by atoms with van der Waals surface area (Å²) >= 11 is 0. The summed E-state index contributed by atoms with van der Waals surface area (Å²) < 4.78 is 15.9. The molecular formula is C6H13O3PSi. The molecule has 0 spiro atoms. The Balaban J connectivity index is 4.37. The second-order valence-electron chi connectivity index (χ2n) is 2.65. The van der Waals surface area contributed by atoms with Crippen molar-refractivity contribution in [3.63, 3.8) is 0 Å². The summed E-state index contributed by atoms with van der Waals surface area (Å²) in [5, 5.41) is 0. The van der Waals surface area contributed by atoms with Crippen LogP contribution in [0.5, 0.6) is 0 Å². The van der Waals surface area contributed by atoms with Crippen LogP contribution in [-0.2, 0) is 8.78 Å². The average Bonchev–Trinajstić information content (AvgIpc) is 1.86. The summed E-state index contributed by atoms with van der Waals surface area (Å²) in [5.41, 5.74) is 1.60. The Bertz CT molecular complexity index is 212. The third-order valence-electron chi connectivity index (χ3n) is 1.09. The van der Waals surface area contributed by atoms with E-state index in [0.717, 1.165) is 5.82 Å². The van der Waals surface area contributed by atoms with E-state index in [9.17, 15) is 4.57 Å². The Morgan fingerprint density at radius 3 is 2.27 bits per heavy atom. The van der Waals surface area contributed by atoms with Gasteiger partial charge in [-0.25, -0.2) is 0 Å². The van der Waals surface area contributed by atoms with Crippen LogP contribution in [0.1, 0.15) is 0 Å². The molecule has 0 bridgehead atoms. The first-order valence-electron chi connectivity index (χ1n) is 3.13. The molecule has 0 aromatic carbocycles. The van der Waals surface area contributed by atoms with Crippen LogP contribution >= 0.6 is 7.60 Å². The van der Waals surface area contributed by atoms with Crippen molar-refractivity contribution in [2.45, 2.75) is 13.1 Å². The molecule has 1 unspecified atom stereocenters. The maximum absolute atomic E-state index is 11.0. The number of rotatable bonds is 4. The zero-order chi connectivity index (χ0) is 9.12. The van der Waals surface area contributed by atoms with E-state index in [2.05, 4.69) is 13.2 Å². The minimum absolute atomic E-state index is 0.936. The van der Waals surface area contributed by atoms with Gasteiger partial charge < -0.3 is 9.11 Å². The third kappa shape index (κ3) is 4.32. The first-order chi connectivity index (χ1) is 4.83. The summed E-state index contributed by atoms with van der Waals surface area (Å²) in [6, 6.07) is 0. The quantitative estimate of drug-likeness (QED) is 0.549. The van der Waals surface area contributed by atoms with E-state index in [0.29, 0.717) is 0 Å². The van der Waals surface area contributed by atoms with Gasteiger partial charge in [0.25, 0.3) is 0 Å². The van der Waals surface area contributed by atoms with Crippen LogP contribution in [-0.4, -0.2) is 13.2 Å². The molecular weight excluding hydrogens is 179 g/mol. The van der Waals surface area contributed by atoms with Gasteiger partial charge in [-0.05, 0) is 13.1 Å². The maximum atomic E-state index is 11.0. The average molecular weight is 192 g/mol. The zero-order valence-corrected chi connectivity index (χ0v) is 8.67. The van der Waals surface area contributed by atoms with E-state index in [1.54, 1.807) is 18.8 Å². The second-order valence-corrected chi connectivity index (χ2v) is 8.48. The van der Waals surface area contributed by atoms with Gasteiger partial charge in [-0.1, -0.05) is 12.3 Å². The molecule has 0 radical (unpaired) electrons. The van der Waals surface area contributed by atoms with E-state index in [-0.39, 0.29) is 0 Å². The van der Waals surface area contributed by atoms with Gasteiger partial charge in [0.1, 0.15) is 0 Å². The summed E-state index contributed by atoms with van der Waals surface area (Å²) in [4.78, 5) is 8.99. The van der Waals surface area contributed by atoms with Crippen LogP contribution in [0.2, 0.25) is 13.1 Å². The molecule has 1 N–H and O–H groups in total. The minimum Gasteiger partial charge on any atom is -0.344 e. The van der Waals surface area contributed by atoms with Crippen molar-refractivity contribution in [2.24, 2.45) is 0 Å². The van der Waals surface area contributed by atoms with Crippen molar-refractivity contribution in [3.8, 4) is 0 Å². The lowest BCUT2D eigenvalue weighted by Gasteiger charge is -2.19. The molecule has 5 heteroatoms. The van der Waals surface area contributed by atoms with E-state index in [1.807, 2.05) is 0 Å². The van der Waals surface area contributed by atoms with Crippen LogP contribution < -0.4 is 0 Å². The minimum atomic E-state index is -3.56. The Morgan fingerprint density at radius 2 is 2.00 bits per heavy atom. The molecule has 0 rings (SSSR count). The Labute approximate surface area is 68.1 Å². The van der Waals surface area contributed by atoms with Crippen molar-refractivity contribution in [1.29, 1.82) is 0 Å². The van der Waals surface area contributed by atoms with Gasteiger partial charge in [-0.2, -0.15) is 0 Å². The zero-order valence-electron chi connectivity index (χ0n) is 6.78. The molecule has 0 aliphatic rings. The van der Waals surface area contributed by atoms with Gasteiger partial charge in [0.15, 0.2) is 0 Å². The van der Waals surface area contributed by atoms with Gasteiger partial charge >= 0.3 is 7.60 Å². The molecule has 1 atom stereocenters. The lowest BCUT2D eigenvalue weighted by Crippen LogP contribution is -2.25. The lowest BCUT2D eigenvalue weighted by atomic mass is 11.3. The standard InChI is InChI=1S/C6H13O3PSi/c1-5-10(7,8)9-11(3,4)6-2/h5-6H,1-2H2,3-4H3,(H,7,8). The third-order valence-corrected chi connectivity index (χ3v) is 5.46. The van der Waals surface area contributed by atoms with Crippen molar-refractivity contribution in [3.05, 3.63) is 24.7 Å². The summed E-state index contributed by atoms with van der Waals surface area (Å²) in [6.45, 7) is 10.3. The van der Waals surface area contributed by atoms with Crippen molar-refractivity contribution >= 4 is 15.9 Å². The predicted molar refractivity (Wildman–Crippen MR) is 48.8 cm³/mol. The smallest absolute Gasteiger partial charge is 0.341 e. The van der Waals surface area contributed by atoms with Gasteiger partial charge in [0.2, 0.25) is 8.32 Å². The molecule has 0 aliphatic carbocycles. The maximum Gasteiger partial charge on any atom is 0.341 e. The van der Waals surface area contributed by atoms with Crippen LogP contribution in [0, 0.1) is 0 Å². The van der Waals surface area contributed by atoms with E-state index in [4.69, 9.17) is 9.11 Å². The van der Waals surface area contributed by atoms with Crippen LogP contribution in [0.4, 0.5) is 0 Å². The van der Waals surface area contributed by atoms with E-state index >= 15 is 0 Å². The van der Waals surface area contributed by atoms with Gasteiger partial charge in [-0.15, -0.1) is 6.58 Å². The SMILES string of the molecule is C=C[Si](C)(C)OP(=O)(O)C=C. The van der Waals surface area contributed by atoms with Crippen LogP contribution in [0.15, 0.2) is 24.7 Å². The molecule has 11 heavy (non-hydrogen) atoms. The molecule has 0 saturated carbocycles. The van der Waals surface area contributed by atoms with Gasteiger partial charge in [0.05, 0.1) is 0 Å². The summed E-state index contributed by atoms with van der Waals surface area (Å²) in [5.74, 6) is 0.936. The van der Waals surface area contributed by atoms with Crippen LogP contribution in [0.25, 0.3) is 0 Å². The highest BCUT2D eigenvalue weighted by molar-refractivity contribution is 7.57. The topological polar surface area (TPSA) is 46.5 Å². The molecule has 0 aromatic rings. The molecule has 0 aliphatic heterocycles. The van der Waals surface area contributed by atoms with E-state index in [1.165, 1.54) is 0 Å². The highest BCUT2D eigenvalue weighted by atomic mass is 31.2. The molecule has 64 valence electrons. The van der Waals surface area contributed by atoms with Crippen molar-refractivity contribution in [2.75, 3.05) is 0 Å². The first kappa shape index (κ1) is 10.8. The highest BCUT2D eigenvalue weighted by Gasteiger charge is 2.27. The number of hydrogen-bond donors (Lipinski definition) is 1. The largest absolute Gasteiger partial charge is 0.344 e. The Morgan fingerprint density at radius 1 is 1.55 bits per heavy atom. The molecule has 0 aromatic heterocycles. The molecule has 0 saturated heterocycles. The monoisotopic (exact) mass is 192 g/mol. The van der Waals surface area contributed by atoms with Gasteiger partial charge in [0, 0.05) is 5.82 Å². The van der Waals surface area contributed by atoms with Gasteiger partial charge in [-0.3, -0.25) is 4.57 Å². The fourth-order valence-electron chi connectivity index (χ4n) is 0.412. The molecule has 0 fully saturated rings. The lowest BCUT2D eigenvalue weighted by molar-refractivity contribution is 0.392. The molecule has 0 heterocycles. The van der Waals surface area contributed by atoms with Crippen LogP contribution in [0.3, 0.4) is 0 Å². The van der Waals surface area contributed by atoms with E-state index < -0.39 is 15.9 Å².